The van der Waals surface area contributed by atoms with Crippen LogP contribution in [0.2, 0.25) is 0 Å². The SMILES string of the molecule is CCCCCC/C=C\C/C=C\CCCCCCCC(=O)OC(COC(=O)CCCCCCCCCCCCCCCCC)COP(=O)(O)OCC. The van der Waals surface area contributed by atoms with Crippen molar-refractivity contribution >= 4 is 19.8 Å². The molecule has 0 saturated heterocycles. The second-order valence-corrected chi connectivity index (χ2v) is 15.5. The fourth-order valence-corrected chi connectivity index (χ4v) is 6.65. The molecule has 0 spiro atoms. The number of esters is 2. The number of ether oxygens (including phenoxy) is 2. The van der Waals surface area contributed by atoms with Crippen LogP contribution in [0.3, 0.4) is 0 Å². The van der Waals surface area contributed by atoms with E-state index in [1.807, 2.05) is 0 Å². The predicted octanol–water partition coefficient (Wildman–Crippen LogP) is 13.1. The number of rotatable bonds is 39. The van der Waals surface area contributed by atoms with E-state index >= 15 is 0 Å². The Morgan fingerprint density at radius 2 is 0.941 bits per heavy atom. The van der Waals surface area contributed by atoms with Gasteiger partial charge in [-0.05, 0) is 51.9 Å². The van der Waals surface area contributed by atoms with Crippen molar-refractivity contribution in [1.29, 1.82) is 0 Å². The van der Waals surface area contributed by atoms with Crippen molar-refractivity contribution in [2.45, 2.75) is 213 Å². The normalized spacial score (nSPS) is 13.6. The summed E-state index contributed by atoms with van der Waals surface area (Å²) >= 11 is 0. The maximum Gasteiger partial charge on any atom is 0.472 e. The van der Waals surface area contributed by atoms with Crippen molar-refractivity contribution < 1.29 is 37.6 Å². The van der Waals surface area contributed by atoms with Crippen molar-refractivity contribution in [3.8, 4) is 0 Å². The lowest BCUT2D eigenvalue weighted by atomic mass is 10.0. The zero-order valence-corrected chi connectivity index (χ0v) is 34.2. The Labute approximate surface area is 313 Å². The number of phosphoric ester groups is 1. The van der Waals surface area contributed by atoms with Gasteiger partial charge in [-0.2, -0.15) is 0 Å². The Morgan fingerprint density at radius 1 is 0.529 bits per heavy atom. The van der Waals surface area contributed by atoms with Gasteiger partial charge in [0.1, 0.15) is 6.61 Å². The zero-order chi connectivity index (χ0) is 37.5. The molecule has 0 radical (unpaired) electrons. The summed E-state index contributed by atoms with van der Waals surface area (Å²) in [5, 5.41) is 0. The molecule has 0 bridgehead atoms. The summed E-state index contributed by atoms with van der Waals surface area (Å²) in [5.41, 5.74) is 0. The van der Waals surface area contributed by atoms with Crippen LogP contribution in [0.5, 0.6) is 0 Å². The molecule has 0 aromatic rings. The van der Waals surface area contributed by atoms with Gasteiger partial charge < -0.3 is 14.4 Å². The molecule has 0 heterocycles. The Morgan fingerprint density at radius 3 is 1.41 bits per heavy atom. The third kappa shape index (κ3) is 38.1. The quantitative estimate of drug-likeness (QED) is 0.0287. The molecular weight excluding hydrogens is 663 g/mol. The van der Waals surface area contributed by atoms with Crippen molar-refractivity contribution in [2.75, 3.05) is 19.8 Å². The molecule has 300 valence electrons. The monoisotopic (exact) mass is 743 g/mol. The third-order valence-corrected chi connectivity index (χ3v) is 10.1. The molecule has 0 aliphatic rings. The Kier molecular flexibility index (Phi) is 37.2. The average Bonchev–Trinajstić information content (AvgIpc) is 3.10. The van der Waals surface area contributed by atoms with Gasteiger partial charge in [-0.1, -0.05) is 167 Å². The van der Waals surface area contributed by atoms with Crippen LogP contribution in [0, 0.1) is 0 Å². The molecule has 0 saturated carbocycles. The van der Waals surface area contributed by atoms with Gasteiger partial charge in [0.15, 0.2) is 6.10 Å². The van der Waals surface area contributed by atoms with Gasteiger partial charge in [0.2, 0.25) is 0 Å². The van der Waals surface area contributed by atoms with E-state index in [-0.39, 0.29) is 25.6 Å². The minimum Gasteiger partial charge on any atom is -0.462 e. The summed E-state index contributed by atoms with van der Waals surface area (Å²) in [6.07, 6.45) is 40.8. The molecule has 51 heavy (non-hydrogen) atoms. The molecule has 9 heteroatoms. The summed E-state index contributed by atoms with van der Waals surface area (Å²) < 4.78 is 32.6. The molecule has 0 aliphatic carbocycles. The van der Waals surface area contributed by atoms with Gasteiger partial charge in [0, 0.05) is 12.8 Å². The number of allylic oxidation sites excluding steroid dienone is 4. The number of hydrogen-bond donors (Lipinski definition) is 1. The highest BCUT2D eigenvalue weighted by molar-refractivity contribution is 7.47. The zero-order valence-electron chi connectivity index (χ0n) is 33.3. The first-order valence-corrected chi connectivity index (χ1v) is 22.6. The topological polar surface area (TPSA) is 108 Å². The highest BCUT2D eigenvalue weighted by atomic mass is 31.2. The van der Waals surface area contributed by atoms with Crippen LogP contribution in [0.25, 0.3) is 0 Å². The van der Waals surface area contributed by atoms with E-state index in [1.54, 1.807) is 6.92 Å². The van der Waals surface area contributed by atoms with Crippen LogP contribution >= 0.6 is 7.82 Å². The van der Waals surface area contributed by atoms with Crippen LogP contribution < -0.4 is 0 Å². The second-order valence-electron chi connectivity index (χ2n) is 14.0. The van der Waals surface area contributed by atoms with Crippen LogP contribution in [0.4, 0.5) is 0 Å². The summed E-state index contributed by atoms with van der Waals surface area (Å²) in [5.74, 6) is -0.806. The van der Waals surface area contributed by atoms with Crippen LogP contribution in [-0.4, -0.2) is 42.8 Å². The second kappa shape index (κ2) is 38.3. The Hall–Kier alpha value is -1.47. The first-order chi connectivity index (χ1) is 24.8. The number of hydrogen-bond acceptors (Lipinski definition) is 7. The van der Waals surface area contributed by atoms with Crippen LogP contribution in [-0.2, 0) is 32.7 Å². The third-order valence-electron chi connectivity index (χ3n) is 9.01. The maximum absolute atomic E-state index is 12.5. The van der Waals surface area contributed by atoms with E-state index in [1.165, 1.54) is 109 Å². The van der Waals surface area contributed by atoms with Crippen molar-refractivity contribution in [2.24, 2.45) is 0 Å². The van der Waals surface area contributed by atoms with Gasteiger partial charge in [0.05, 0.1) is 13.2 Å². The summed E-state index contributed by atoms with van der Waals surface area (Å²) in [6.45, 7) is 5.46. The van der Waals surface area contributed by atoms with Crippen molar-refractivity contribution in [3.05, 3.63) is 24.3 Å². The van der Waals surface area contributed by atoms with Gasteiger partial charge in [-0.15, -0.1) is 0 Å². The maximum atomic E-state index is 12.5. The lowest BCUT2D eigenvalue weighted by molar-refractivity contribution is -0.161. The fraction of sp³-hybridized carbons (Fsp3) is 0.857. The molecule has 0 fully saturated rings. The van der Waals surface area contributed by atoms with Gasteiger partial charge in [0.25, 0.3) is 0 Å². The van der Waals surface area contributed by atoms with E-state index in [0.29, 0.717) is 12.8 Å². The molecular formula is C42H79O8P. The number of carbonyl (C=O) groups is 2. The van der Waals surface area contributed by atoms with E-state index in [9.17, 15) is 19.0 Å². The van der Waals surface area contributed by atoms with Gasteiger partial charge >= 0.3 is 19.8 Å². The average molecular weight is 743 g/mol. The first-order valence-electron chi connectivity index (χ1n) is 21.1. The largest absolute Gasteiger partial charge is 0.472 e. The predicted molar refractivity (Wildman–Crippen MR) is 212 cm³/mol. The fourth-order valence-electron chi connectivity index (χ4n) is 5.89. The smallest absolute Gasteiger partial charge is 0.462 e. The van der Waals surface area contributed by atoms with Crippen LogP contribution in [0.1, 0.15) is 207 Å². The molecule has 1 N–H and O–H groups in total. The van der Waals surface area contributed by atoms with Gasteiger partial charge in [-0.3, -0.25) is 18.6 Å². The molecule has 8 nitrogen and oxygen atoms in total. The highest BCUT2D eigenvalue weighted by Crippen LogP contribution is 2.43. The Balaban J connectivity index is 4.11. The molecule has 2 atom stereocenters. The van der Waals surface area contributed by atoms with E-state index < -0.39 is 26.5 Å². The Bertz CT molecular complexity index is 890. The minimum absolute atomic E-state index is 0.000637. The standard InChI is InChI=1S/C42H79O8P/c1-4-7-9-11-13-15-17-19-21-23-25-27-29-31-33-35-37-42(44)50-40(39-49-51(45,46)48-6-3)38-47-41(43)36-34-32-30-28-26-24-22-20-18-16-14-12-10-8-5-2/h15,17,21,23,40H,4-14,16,18-20,22,24-39H2,1-3H3,(H,45,46)/b17-15-,23-21-. The molecule has 0 aromatic heterocycles. The molecule has 0 aromatic carbocycles. The number of unbranched alkanes of at least 4 members (excludes halogenated alkanes) is 23. The molecule has 0 aliphatic heterocycles. The van der Waals surface area contributed by atoms with Gasteiger partial charge in [-0.25, -0.2) is 4.57 Å². The molecule has 0 rings (SSSR count). The first kappa shape index (κ1) is 49.5. The van der Waals surface area contributed by atoms with E-state index in [0.717, 1.165) is 57.8 Å². The minimum atomic E-state index is -4.28. The van der Waals surface area contributed by atoms with Crippen LogP contribution in [0.15, 0.2) is 24.3 Å². The molecule has 2 unspecified atom stereocenters. The number of phosphoric acid groups is 1. The number of carbonyl (C=O) groups excluding carboxylic acids is 2. The molecule has 0 amide bonds. The van der Waals surface area contributed by atoms with E-state index in [2.05, 4.69) is 38.2 Å². The van der Waals surface area contributed by atoms with E-state index in [4.69, 9.17) is 18.5 Å². The summed E-state index contributed by atoms with van der Waals surface area (Å²) in [6, 6.07) is 0. The van der Waals surface area contributed by atoms with Crippen molar-refractivity contribution in [1.82, 2.24) is 0 Å². The lowest BCUT2D eigenvalue weighted by Gasteiger charge is -2.19. The summed E-state index contributed by atoms with van der Waals surface area (Å²) in [7, 11) is -4.28. The highest BCUT2D eigenvalue weighted by Gasteiger charge is 2.25. The lowest BCUT2D eigenvalue weighted by Crippen LogP contribution is -2.29. The van der Waals surface area contributed by atoms with Crippen molar-refractivity contribution in [3.63, 3.8) is 0 Å². The summed E-state index contributed by atoms with van der Waals surface area (Å²) in [4.78, 5) is 34.7.